The van der Waals surface area contributed by atoms with Crippen LogP contribution in [0.15, 0.2) is 24.4 Å². The van der Waals surface area contributed by atoms with Gasteiger partial charge in [-0.05, 0) is 12.1 Å². The Morgan fingerprint density at radius 1 is 1.20 bits per heavy atom. The van der Waals surface area contributed by atoms with Crippen LogP contribution >= 0.6 is 11.6 Å². The monoisotopic (exact) mass is 224 g/mol. The third kappa shape index (κ3) is 2.80. The number of hydrogen-bond acceptors (Lipinski definition) is 3. The molecule has 15 heavy (non-hydrogen) atoms. The van der Waals surface area contributed by atoms with Crippen LogP contribution in [0.3, 0.4) is 0 Å². The van der Waals surface area contributed by atoms with Gasteiger partial charge in [-0.15, -0.1) is 0 Å². The van der Waals surface area contributed by atoms with E-state index in [2.05, 4.69) is 9.97 Å². The molecule has 3 nitrogen and oxygen atoms in total. The average Bonchev–Trinajstić information content (AvgIpc) is 2.30. The van der Waals surface area contributed by atoms with Crippen LogP contribution in [-0.4, -0.2) is 17.1 Å². The topological polar surface area (TPSA) is 35.0 Å². The first-order chi connectivity index (χ1) is 7.29. The van der Waals surface area contributed by atoms with E-state index < -0.39 is 0 Å². The Kier molecular flexibility index (Phi) is 4.31. The summed E-state index contributed by atoms with van der Waals surface area (Å²) >= 11 is 5.70. The molecule has 0 saturated heterocycles. The Morgan fingerprint density at radius 3 is 2.60 bits per heavy atom. The largest absolute Gasteiger partial charge is 0.497 e. The molecule has 4 heteroatoms. The molecule has 0 aliphatic rings. The Bertz CT molecular complexity index is 446. The summed E-state index contributed by atoms with van der Waals surface area (Å²) < 4.78 is 5.05. The van der Waals surface area contributed by atoms with Gasteiger partial charge in [-0.2, -0.15) is 0 Å². The molecule has 0 fully saturated rings. The van der Waals surface area contributed by atoms with Crippen molar-refractivity contribution in [1.82, 2.24) is 9.97 Å². The standard InChI is InChI=1S/C9H7ClN2O.C2H6/c1-13-6-2-3-7-8(4-6)12-9(10)5-11-7;1-2/h2-5H,1H3;1-2H3. The van der Waals surface area contributed by atoms with Crippen LogP contribution in [0.25, 0.3) is 11.0 Å². The molecule has 0 atom stereocenters. The average molecular weight is 225 g/mol. The first-order valence-electron chi connectivity index (χ1n) is 4.76. The Morgan fingerprint density at radius 2 is 1.93 bits per heavy atom. The maximum atomic E-state index is 5.70. The van der Waals surface area contributed by atoms with Crippen molar-refractivity contribution in [3.05, 3.63) is 29.5 Å². The highest BCUT2D eigenvalue weighted by atomic mass is 35.5. The van der Waals surface area contributed by atoms with E-state index in [0.29, 0.717) is 5.15 Å². The number of nitrogens with zero attached hydrogens (tertiary/aromatic N) is 2. The molecule has 0 amide bonds. The van der Waals surface area contributed by atoms with E-state index >= 15 is 0 Å². The molecular formula is C11H13ClN2O. The lowest BCUT2D eigenvalue weighted by molar-refractivity contribution is 0.415. The van der Waals surface area contributed by atoms with Gasteiger partial charge in [0, 0.05) is 6.07 Å². The molecule has 0 aliphatic heterocycles. The van der Waals surface area contributed by atoms with Gasteiger partial charge in [0.05, 0.1) is 24.3 Å². The van der Waals surface area contributed by atoms with E-state index in [4.69, 9.17) is 16.3 Å². The molecular weight excluding hydrogens is 212 g/mol. The zero-order valence-corrected chi connectivity index (χ0v) is 9.75. The summed E-state index contributed by atoms with van der Waals surface area (Å²) in [4.78, 5) is 8.21. The summed E-state index contributed by atoms with van der Waals surface area (Å²) in [6.07, 6.45) is 1.52. The lowest BCUT2D eigenvalue weighted by Crippen LogP contribution is -1.86. The van der Waals surface area contributed by atoms with Crippen molar-refractivity contribution in [3.63, 3.8) is 0 Å². The smallest absolute Gasteiger partial charge is 0.148 e. The van der Waals surface area contributed by atoms with Crippen molar-refractivity contribution in [2.45, 2.75) is 13.8 Å². The minimum Gasteiger partial charge on any atom is -0.497 e. The fourth-order valence-corrected chi connectivity index (χ4v) is 1.24. The number of fused-ring (bicyclic) bond motifs is 1. The third-order valence-electron chi connectivity index (χ3n) is 1.72. The van der Waals surface area contributed by atoms with Crippen LogP contribution < -0.4 is 4.74 Å². The molecule has 0 aliphatic carbocycles. The van der Waals surface area contributed by atoms with Crippen LogP contribution in [0.2, 0.25) is 5.15 Å². The van der Waals surface area contributed by atoms with Gasteiger partial charge in [-0.3, -0.25) is 4.98 Å². The summed E-state index contributed by atoms with van der Waals surface area (Å²) in [5.41, 5.74) is 1.55. The minimum absolute atomic E-state index is 0.390. The zero-order valence-electron chi connectivity index (χ0n) is 8.99. The molecule has 1 heterocycles. The summed E-state index contributed by atoms with van der Waals surface area (Å²) in [7, 11) is 1.61. The second-order valence-corrected chi connectivity index (χ2v) is 2.93. The molecule has 0 saturated carbocycles. The van der Waals surface area contributed by atoms with Crippen molar-refractivity contribution >= 4 is 22.6 Å². The molecule has 0 N–H and O–H groups in total. The maximum absolute atomic E-state index is 5.70. The number of methoxy groups -OCH3 is 1. The fraction of sp³-hybridized carbons (Fsp3) is 0.273. The van der Waals surface area contributed by atoms with Gasteiger partial charge in [-0.25, -0.2) is 4.98 Å². The van der Waals surface area contributed by atoms with Crippen molar-refractivity contribution in [2.24, 2.45) is 0 Å². The van der Waals surface area contributed by atoms with E-state index in [1.165, 1.54) is 6.20 Å². The zero-order chi connectivity index (χ0) is 11.3. The fourth-order valence-electron chi connectivity index (χ4n) is 1.10. The Hall–Kier alpha value is -1.35. The van der Waals surface area contributed by atoms with Gasteiger partial charge >= 0.3 is 0 Å². The van der Waals surface area contributed by atoms with Gasteiger partial charge in [0.15, 0.2) is 0 Å². The van der Waals surface area contributed by atoms with Gasteiger partial charge < -0.3 is 4.74 Å². The normalized spacial score (nSPS) is 9.33. The molecule has 0 radical (unpaired) electrons. The molecule has 0 spiro atoms. The summed E-state index contributed by atoms with van der Waals surface area (Å²) in [5, 5.41) is 0.390. The predicted octanol–water partition coefficient (Wildman–Crippen LogP) is 3.32. The number of aromatic nitrogens is 2. The van der Waals surface area contributed by atoms with Gasteiger partial charge in [0.25, 0.3) is 0 Å². The highest BCUT2D eigenvalue weighted by Gasteiger charge is 1.99. The van der Waals surface area contributed by atoms with Crippen LogP contribution in [0.5, 0.6) is 5.75 Å². The summed E-state index contributed by atoms with van der Waals surface area (Å²) in [6, 6.07) is 5.48. The van der Waals surface area contributed by atoms with Crippen LogP contribution in [0.4, 0.5) is 0 Å². The molecule has 80 valence electrons. The first kappa shape index (κ1) is 11.7. The van der Waals surface area contributed by atoms with E-state index in [9.17, 15) is 0 Å². The van der Waals surface area contributed by atoms with Gasteiger partial charge in [-0.1, -0.05) is 25.4 Å². The predicted molar refractivity (Wildman–Crippen MR) is 62.4 cm³/mol. The van der Waals surface area contributed by atoms with Crippen molar-refractivity contribution in [1.29, 1.82) is 0 Å². The van der Waals surface area contributed by atoms with E-state index in [1.807, 2.05) is 26.0 Å². The highest BCUT2D eigenvalue weighted by Crippen LogP contribution is 2.18. The number of benzene rings is 1. The molecule has 2 aromatic rings. The van der Waals surface area contributed by atoms with Gasteiger partial charge in [0.1, 0.15) is 10.9 Å². The number of halogens is 1. The van der Waals surface area contributed by atoms with Crippen molar-refractivity contribution < 1.29 is 4.74 Å². The Labute approximate surface area is 94.1 Å². The lowest BCUT2D eigenvalue weighted by atomic mass is 10.3. The first-order valence-corrected chi connectivity index (χ1v) is 5.14. The Balaban J connectivity index is 0.000000531. The number of rotatable bonds is 1. The second-order valence-electron chi connectivity index (χ2n) is 2.55. The van der Waals surface area contributed by atoms with Crippen molar-refractivity contribution in [2.75, 3.05) is 7.11 Å². The molecule has 1 aromatic carbocycles. The van der Waals surface area contributed by atoms with E-state index in [1.54, 1.807) is 13.2 Å². The highest BCUT2D eigenvalue weighted by molar-refractivity contribution is 6.29. The number of hydrogen-bond donors (Lipinski definition) is 0. The summed E-state index contributed by atoms with van der Waals surface area (Å²) in [6.45, 7) is 4.00. The van der Waals surface area contributed by atoms with Crippen LogP contribution in [0, 0.1) is 0 Å². The maximum Gasteiger partial charge on any atom is 0.148 e. The molecule has 2 rings (SSSR count). The van der Waals surface area contributed by atoms with E-state index in [-0.39, 0.29) is 0 Å². The molecule has 1 aromatic heterocycles. The molecule has 0 bridgehead atoms. The third-order valence-corrected chi connectivity index (χ3v) is 1.90. The second kappa shape index (κ2) is 5.51. The van der Waals surface area contributed by atoms with E-state index in [0.717, 1.165) is 16.8 Å². The van der Waals surface area contributed by atoms with Crippen molar-refractivity contribution in [3.8, 4) is 5.75 Å². The SMILES string of the molecule is CC.COc1ccc2ncc(Cl)nc2c1. The van der Waals surface area contributed by atoms with Crippen LogP contribution in [0.1, 0.15) is 13.8 Å². The number of ether oxygens (including phenoxy) is 1. The minimum atomic E-state index is 0.390. The molecule has 0 unspecified atom stereocenters. The van der Waals surface area contributed by atoms with Crippen LogP contribution in [-0.2, 0) is 0 Å². The van der Waals surface area contributed by atoms with Gasteiger partial charge in [0.2, 0.25) is 0 Å². The quantitative estimate of drug-likeness (QED) is 0.746. The lowest BCUT2D eigenvalue weighted by Gasteiger charge is -2.00. The summed E-state index contributed by atoms with van der Waals surface area (Å²) in [5.74, 6) is 0.754.